The second-order valence-corrected chi connectivity index (χ2v) is 16.4. The highest BCUT2D eigenvalue weighted by atomic mass is 16.6. The van der Waals surface area contributed by atoms with Gasteiger partial charge in [-0.1, -0.05) is 65.8 Å². The first kappa shape index (κ1) is 43.0. The summed E-state index contributed by atoms with van der Waals surface area (Å²) in [5.41, 5.74) is 2.70. The van der Waals surface area contributed by atoms with Gasteiger partial charge < -0.3 is 29.2 Å². The first-order valence-electron chi connectivity index (χ1n) is 19.1. The molecule has 0 saturated heterocycles. The lowest BCUT2D eigenvalue weighted by molar-refractivity contribution is -0.385. The largest absolute Gasteiger partial charge is 0.507 e. The first-order chi connectivity index (χ1) is 27.2. The number of hydrogen-bond donors (Lipinski definition) is 2. The van der Waals surface area contributed by atoms with E-state index in [0.29, 0.717) is 22.3 Å². The van der Waals surface area contributed by atoms with E-state index < -0.39 is 45.8 Å². The number of esters is 2. The summed E-state index contributed by atoms with van der Waals surface area (Å²) in [4.78, 5) is 49.1. The van der Waals surface area contributed by atoms with Crippen molar-refractivity contribution >= 4 is 23.3 Å². The van der Waals surface area contributed by atoms with Crippen LogP contribution < -0.4 is 9.47 Å². The van der Waals surface area contributed by atoms with Crippen LogP contribution in [0.4, 0.5) is 11.4 Å². The van der Waals surface area contributed by atoms with Crippen LogP contribution in [0.5, 0.6) is 23.0 Å². The van der Waals surface area contributed by atoms with Crippen LogP contribution in [-0.4, -0.2) is 58.4 Å². The zero-order chi connectivity index (χ0) is 42.7. The third kappa shape index (κ3) is 9.85. The topological polar surface area (TPSA) is 198 Å². The summed E-state index contributed by atoms with van der Waals surface area (Å²) in [6.45, 7) is 14.4. The second kappa shape index (κ2) is 17.1. The van der Waals surface area contributed by atoms with Crippen molar-refractivity contribution in [3.8, 4) is 23.0 Å². The average Bonchev–Trinajstić information content (AvgIpc) is 3.12. The molecule has 0 saturated carbocycles. The highest BCUT2D eigenvalue weighted by Crippen LogP contribution is 2.43. The Labute approximate surface area is 337 Å². The maximum absolute atomic E-state index is 12.6. The fraction of sp³-hybridized carbons (Fsp3) is 0.409. The zero-order valence-electron chi connectivity index (χ0n) is 34.1. The van der Waals surface area contributed by atoms with Gasteiger partial charge in [-0.3, -0.25) is 20.2 Å². The molecule has 0 atom stereocenters. The molecule has 2 N–H and O–H groups in total. The maximum Gasteiger partial charge on any atom is 0.344 e. The van der Waals surface area contributed by atoms with Crippen molar-refractivity contribution in [2.75, 3.05) is 26.4 Å². The van der Waals surface area contributed by atoms with Crippen molar-refractivity contribution in [3.63, 3.8) is 0 Å². The van der Waals surface area contributed by atoms with Gasteiger partial charge in [0.1, 0.15) is 23.0 Å². The molecule has 308 valence electrons. The standard InChI is InChI=1S/C44H50N2O12/c1-9-55-37(47)23-57-41-29-11-25-19-35(45(51)52)21-27(39(25)49)13-31-17-34(44(6,7)8)18-32(42(31)58-24-38(48)56-10-2)14-28-22-36(46(53)54)20-26(40(28)50)12-30(41)16-33(15-29)43(3,4)5/h15-22,49-50H,9-14,23-24H2,1-8H3. The number of rotatable bonds is 10. The van der Waals surface area contributed by atoms with E-state index in [1.807, 2.05) is 65.8 Å². The number of phenols is 2. The number of ether oxygens (including phenoxy) is 4. The van der Waals surface area contributed by atoms with E-state index >= 15 is 0 Å². The first-order valence-corrected chi connectivity index (χ1v) is 19.1. The van der Waals surface area contributed by atoms with Gasteiger partial charge in [-0.15, -0.1) is 0 Å². The van der Waals surface area contributed by atoms with E-state index in [1.54, 1.807) is 13.8 Å². The Balaban J connectivity index is 1.90. The second-order valence-electron chi connectivity index (χ2n) is 16.4. The Morgan fingerprint density at radius 2 is 0.828 bits per heavy atom. The number of fused-ring (bicyclic) bond motifs is 8. The molecule has 0 radical (unpaired) electrons. The number of benzene rings is 4. The number of nitro groups is 2. The Hall–Kier alpha value is -6.18. The maximum atomic E-state index is 12.6. The minimum Gasteiger partial charge on any atom is -0.507 e. The highest BCUT2D eigenvalue weighted by molar-refractivity contribution is 5.72. The van der Waals surface area contributed by atoms with Gasteiger partial charge in [0.05, 0.1) is 23.1 Å². The molecule has 14 nitrogen and oxygen atoms in total. The summed E-state index contributed by atoms with van der Waals surface area (Å²) in [5.74, 6) is -1.34. The SMILES string of the molecule is CCOC(=O)COc1c2cc(C(C)(C)C)cc1Cc1cc([N+](=O)[O-])cc(c1O)Cc1cc(C(C)(C)C)cc(c1OCC(=O)OCC)Cc1cc([N+](=O)[O-])cc(c1O)C2. The summed E-state index contributed by atoms with van der Waals surface area (Å²) < 4.78 is 22.6. The lowest BCUT2D eigenvalue weighted by Crippen LogP contribution is -2.18. The molecule has 4 aromatic rings. The van der Waals surface area contributed by atoms with E-state index in [9.17, 15) is 40.0 Å². The van der Waals surface area contributed by atoms with Gasteiger partial charge in [0.25, 0.3) is 11.4 Å². The fourth-order valence-corrected chi connectivity index (χ4v) is 6.99. The predicted molar refractivity (Wildman–Crippen MR) is 215 cm³/mol. The minimum atomic E-state index is -0.654. The van der Waals surface area contributed by atoms with Gasteiger partial charge in [0.15, 0.2) is 13.2 Å². The van der Waals surface area contributed by atoms with Crippen molar-refractivity contribution in [1.82, 2.24) is 0 Å². The molecule has 0 spiro atoms. The van der Waals surface area contributed by atoms with Gasteiger partial charge in [-0.2, -0.15) is 0 Å². The number of carbonyl (C=O) groups is 2. The van der Waals surface area contributed by atoms with Gasteiger partial charge in [0, 0.05) is 72.2 Å². The van der Waals surface area contributed by atoms with E-state index in [4.69, 9.17) is 18.9 Å². The lowest BCUT2D eigenvalue weighted by Gasteiger charge is -2.26. The lowest BCUT2D eigenvalue weighted by atomic mass is 9.81. The molecule has 5 rings (SSSR count). The number of aromatic hydroxyl groups is 2. The normalized spacial score (nSPS) is 12.7. The number of non-ortho nitro benzene ring substituents is 2. The molecule has 0 heterocycles. The molecule has 0 fully saturated rings. The minimum absolute atomic E-state index is 0.0960. The van der Waals surface area contributed by atoms with Crippen LogP contribution in [0.1, 0.15) is 111 Å². The Kier molecular flexibility index (Phi) is 12.7. The van der Waals surface area contributed by atoms with Crippen molar-refractivity contribution < 1.29 is 48.6 Å². The van der Waals surface area contributed by atoms with Gasteiger partial charge in [-0.05, 0) is 58.1 Å². The van der Waals surface area contributed by atoms with Crippen molar-refractivity contribution in [1.29, 1.82) is 0 Å². The number of carbonyl (C=O) groups excluding carboxylic acids is 2. The molecule has 1 aliphatic rings. The predicted octanol–water partition coefficient (Wildman–Crippen LogP) is 8.07. The summed E-state index contributed by atoms with van der Waals surface area (Å²) in [6.07, 6.45) is -0.384. The molecule has 8 bridgehead atoms. The molecule has 0 amide bonds. The van der Waals surface area contributed by atoms with Gasteiger partial charge in [0.2, 0.25) is 0 Å². The molecule has 0 aromatic heterocycles. The molecular weight excluding hydrogens is 748 g/mol. The van der Waals surface area contributed by atoms with E-state index in [-0.39, 0.29) is 95.5 Å². The third-order valence-electron chi connectivity index (χ3n) is 9.95. The number of nitrogens with zero attached hydrogens (tertiary/aromatic N) is 2. The zero-order valence-corrected chi connectivity index (χ0v) is 34.1. The van der Waals surface area contributed by atoms with Gasteiger partial charge >= 0.3 is 11.9 Å². The number of phenolic OH excluding ortho intramolecular Hbond substituents is 2. The van der Waals surface area contributed by atoms with Crippen LogP contribution in [0.2, 0.25) is 0 Å². The van der Waals surface area contributed by atoms with E-state index in [1.165, 1.54) is 24.3 Å². The molecule has 14 heteroatoms. The molecule has 1 aliphatic carbocycles. The van der Waals surface area contributed by atoms with Gasteiger partial charge in [-0.25, -0.2) is 9.59 Å². The Morgan fingerprint density at radius 3 is 1.05 bits per heavy atom. The fourth-order valence-electron chi connectivity index (χ4n) is 6.99. The van der Waals surface area contributed by atoms with Crippen LogP contribution in [-0.2, 0) is 55.6 Å². The van der Waals surface area contributed by atoms with Crippen molar-refractivity contribution in [2.24, 2.45) is 0 Å². The number of nitro benzene ring substituents is 2. The van der Waals surface area contributed by atoms with Crippen LogP contribution in [0.15, 0.2) is 48.5 Å². The smallest absolute Gasteiger partial charge is 0.344 e. The summed E-state index contributed by atoms with van der Waals surface area (Å²) in [5, 5.41) is 48.9. The van der Waals surface area contributed by atoms with Crippen LogP contribution in [0.25, 0.3) is 0 Å². The Bertz CT molecular complexity index is 2010. The van der Waals surface area contributed by atoms with Crippen molar-refractivity contribution in [2.45, 2.75) is 91.9 Å². The monoisotopic (exact) mass is 798 g/mol. The van der Waals surface area contributed by atoms with Crippen molar-refractivity contribution in [3.05, 3.63) is 124 Å². The van der Waals surface area contributed by atoms with Crippen LogP contribution >= 0.6 is 0 Å². The molecule has 0 unspecified atom stereocenters. The van der Waals surface area contributed by atoms with Crippen LogP contribution in [0.3, 0.4) is 0 Å². The highest BCUT2D eigenvalue weighted by Gasteiger charge is 2.28. The molecule has 0 aliphatic heterocycles. The Morgan fingerprint density at radius 1 is 0.552 bits per heavy atom. The van der Waals surface area contributed by atoms with E-state index in [0.717, 1.165) is 11.1 Å². The molecule has 58 heavy (non-hydrogen) atoms. The average molecular weight is 799 g/mol. The third-order valence-corrected chi connectivity index (χ3v) is 9.95. The number of hydrogen-bond acceptors (Lipinski definition) is 12. The summed E-state index contributed by atoms with van der Waals surface area (Å²) in [6, 6.07) is 12.5. The summed E-state index contributed by atoms with van der Waals surface area (Å²) in [7, 11) is 0. The summed E-state index contributed by atoms with van der Waals surface area (Å²) >= 11 is 0. The van der Waals surface area contributed by atoms with E-state index in [2.05, 4.69) is 0 Å². The molecular formula is C44H50N2O12. The quantitative estimate of drug-likeness (QED) is 0.0784. The van der Waals surface area contributed by atoms with Crippen LogP contribution in [0, 0.1) is 20.2 Å². The molecule has 4 aromatic carbocycles.